The number of hydrogen-bond donors (Lipinski definition) is 4. The van der Waals surface area contributed by atoms with E-state index in [4.69, 9.17) is 11.5 Å². The van der Waals surface area contributed by atoms with Crippen LogP contribution in [0.1, 0.15) is 32.1 Å². The fourth-order valence-corrected chi connectivity index (χ4v) is 1.53. The second kappa shape index (κ2) is 12.2. The van der Waals surface area contributed by atoms with Crippen LogP contribution < -0.4 is 22.1 Å². The van der Waals surface area contributed by atoms with E-state index in [2.05, 4.69) is 10.6 Å². The number of amides is 1. The summed E-state index contributed by atoms with van der Waals surface area (Å²) in [4.78, 5) is 32.1. The highest BCUT2D eigenvalue weighted by Crippen LogP contribution is 1.98. The van der Waals surface area contributed by atoms with Crippen LogP contribution >= 0.6 is 0 Å². The molecule has 0 rings (SSSR count). The molecule has 7 heteroatoms. The van der Waals surface area contributed by atoms with Crippen LogP contribution in [0, 0.1) is 0 Å². The average Bonchev–Trinajstić information content (AvgIpc) is 2.44. The number of carbonyl (C=O) groups excluding carboxylic acids is 3. The van der Waals surface area contributed by atoms with Gasteiger partial charge in [0.05, 0.1) is 12.1 Å². The highest BCUT2D eigenvalue weighted by molar-refractivity contribution is 5.74. The molecule has 0 fully saturated rings. The predicted octanol–water partition coefficient (Wildman–Crippen LogP) is -0.834. The maximum atomic E-state index is 10.8. The lowest BCUT2D eigenvalue weighted by molar-refractivity contribution is -0.118. The van der Waals surface area contributed by atoms with Crippen molar-refractivity contribution in [3.8, 4) is 0 Å². The molecule has 0 aromatic carbocycles. The van der Waals surface area contributed by atoms with Crippen LogP contribution in [-0.4, -0.2) is 37.1 Å². The van der Waals surface area contributed by atoms with Crippen molar-refractivity contribution in [1.29, 1.82) is 0 Å². The van der Waals surface area contributed by atoms with Gasteiger partial charge in [0.25, 0.3) is 0 Å². The Morgan fingerprint density at radius 2 is 1.55 bits per heavy atom. The fourth-order valence-electron chi connectivity index (χ4n) is 1.53. The highest BCUT2D eigenvalue weighted by Gasteiger charge is 2.06. The Kier molecular flexibility index (Phi) is 11.0. The van der Waals surface area contributed by atoms with E-state index < -0.39 is 11.9 Å². The van der Waals surface area contributed by atoms with Gasteiger partial charge in [0.2, 0.25) is 5.91 Å². The highest BCUT2D eigenvalue weighted by atomic mass is 16.1. The molecule has 0 aliphatic rings. The molecule has 2 atom stereocenters. The number of aldehydes is 2. The standard InChI is InChI=1S/C13H24N4O3/c14-6-2-1-3-11(9-18)16-7-8-17-12(10-19)4-5-13(15)20/h7-12,16-17H,1-6,14H2,(H2,15,20)/t11-,12-/m0/s1. The predicted molar refractivity (Wildman–Crippen MR) is 76.4 cm³/mol. The number of nitrogens with two attached hydrogens (primary N) is 2. The first kappa shape index (κ1) is 18.1. The summed E-state index contributed by atoms with van der Waals surface area (Å²) in [6.07, 6.45) is 7.63. The summed E-state index contributed by atoms with van der Waals surface area (Å²) in [5, 5.41) is 5.73. The van der Waals surface area contributed by atoms with Crippen molar-refractivity contribution in [3.05, 3.63) is 12.4 Å². The molecule has 0 aliphatic carbocycles. The van der Waals surface area contributed by atoms with Crippen molar-refractivity contribution in [2.45, 2.75) is 44.2 Å². The second-order valence-corrected chi connectivity index (χ2v) is 4.44. The summed E-state index contributed by atoms with van der Waals surface area (Å²) in [7, 11) is 0. The molecule has 0 aromatic heterocycles. The van der Waals surface area contributed by atoms with Crippen molar-refractivity contribution < 1.29 is 14.4 Å². The van der Waals surface area contributed by atoms with Crippen LogP contribution in [0.25, 0.3) is 0 Å². The molecule has 0 saturated carbocycles. The van der Waals surface area contributed by atoms with Gasteiger partial charge >= 0.3 is 0 Å². The smallest absolute Gasteiger partial charge is 0.217 e. The maximum absolute atomic E-state index is 10.8. The molecule has 0 aromatic rings. The van der Waals surface area contributed by atoms with E-state index in [9.17, 15) is 14.4 Å². The van der Waals surface area contributed by atoms with E-state index >= 15 is 0 Å². The SMILES string of the molecule is NCCCC[C@@H](C=O)NC=CN[C@H](C=O)CCC(N)=O. The van der Waals surface area contributed by atoms with E-state index in [0.717, 1.165) is 19.1 Å². The number of rotatable bonds is 13. The zero-order valence-corrected chi connectivity index (χ0v) is 11.6. The minimum Gasteiger partial charge on any atom is -0.380 e. The Labute approximate surface area is 119 Å². The number of primary amides is 1. The molecule has 0 saturated heterocycles. The van der Waals surface area contributed by atoms with Crippen LogP contribution in [0.4, 0.5) is 0 Å². The Hall–Kier alpha value is -1.89. The summed E-state index contributed by atoms with van der Waals surface area (Å²) in [5.41, 5.74) is 10.4. The van der Waals surface area contributed by atoms with Crippen molar-refractivity contribution >= 4 is 18.5 Å². The van der Waals surface area contributed by atoms with Gasteiger partial charge in [-0.05, 0) is 32.2 Å². The first-order chi connectivity index (χ1) is 9.63. The summed E-state index contributed by atoms with van der Waals surface area (Å²) in [5.74, 6) is -0.443. The Morgan fingerprint density at radius 1 is 1.00 bits per heavy atom. The van der Waals surface area contributed by atoms with Crippen molar-refractivity contribution in [3.63, 3.8) is 0 Å². The third-order valence-electron chi connectivity index (χ3n) is 2.70. The maximum Gasteiger partial charge on any atom is 0.217 e. The van der Waals surface area contributed by atoms with E-state index in [0.29, 0.717) is 25.7 Å². The van der Waals surface area contributed by atoms with Crippen LogP contribution in [0.15, 0.2) is 12.4 Å². The first-order valence-electron chi connectivity index (χ1n) is 6.70. The minimum atomic E-state index is -0.465. The zero-order chi connectivity index (χ0) is 15.2. The first-order valence-corrected chi connectivity index (χ1v) is 6.70. The largest absolute Gasteiger partial charge is 0.380 e. The summed E-state index contributed by atoms with van der Waals surface area (Å²) in [6.45, 7) is 0.615. The molecule has 20 heavy (non-hydrogen) atoms. The molecule has 114 valence electrons. The number of nitrogens with one attached hydrogen (secondary N) is 2. The van der Waals surface area contributed by atoms with Crippen LogP contribution in [0.2, 0.25) is 0 Å². The molecule has 0 unspecified atom stereocenters. The summed E-state index contributed by atoms with van der Waals surface area (Å²) < 4.78 is 0. The molecule has 7 nitrogen and oxygen atoms in total. The monoisotopic (exact) mass is 284 g/mol. The van der Waals surface area contributed by atoms with Crippen LogP contribution in [0.5, 0.6) is 0 Å². The van der Waals surface area contributed by atoms with Gasteiger partial charge in [-0.2, -0.15) is 0 Å². The number of carbonyl (C=O) groups is 3. The second-order valence-electron chi connectivity index (χ2n) is 4.44. The van der Waals surface area contributed by atoms with Gasteiger partial charge < -0.3 is 31.7 Å². The lowest BCUT2D eigenvalue weighted by Gasteiger charge is -2.11. The van der Waals surface area contributed by atoms with Gasteiger partial charge in [0, 0.05) is 18.8 Å². The zero-order valence-electron chi connectivity index (χ0n) is 11.6. The number of unbranched alkanes of at least 4 members (excludes halogenated alkanes) is 1. The molecule has 0 radical (unpaired) electrons. The van der Waals surface area contributed by atoms with Crippen molar-refractivity contribution in [1.82, 2.24) is 10.6 Å². The van der Waals surface area contributed by atoms with Gasteiger partial charge in [-0.25, -0.2) is 0 Å². The molecule has 0 bridgehead atoms. The van der Waals surface area contributed by atoms with Crippen LogP contribution in [-0.2, 0) is 14.4 Å². The third-order valence-corrected chi connectivity index (χ3v) is 2.70. The fraction of sp³-hybridized carbons (Fsp3) is 0.615. The van der Waals surface area contributed by atoms with Gasteiger partial charge in [-0.3, -0.25) is 4.79 Å². The molecule has 6 N–H and O–H groups in total. The Morgan fingerprint density at radius 3 is 2.00 bits per heavy atom. The van der Waals surface area contributed by atoms with Gasteiger partial charge in [-0.1, -0.05) is 0 Å². The molecule has 0 heterocycles. The summed E-state index contributed by atoms with van der Waals surface area (Å²) >= 11 is 0. The molecule has 0 aliphatic heterocycles. The normalized spacial score (nSPS) is 13.7. The minimum absolute atomic E-state index is 0.147. The van der Waals surface area contributed by atoms with E-state index in [1.165, 1.54) is 0 Å². The van der Waals surface area contributed by atoms with Crippen LogP contribution in [0.3, 0.4) is 0 Å². The van der Waals surface area contributed by atoms with Crippen molar-refractivity contribution in [2.75, 3.05) is 6.54 Å². The third kappa shape index (κ3) is 10.1. The molecular formula is C13H24N4O3. The average molecular weight is 284 g/mol. The van der Waals surface area contributed by atoms with Gasteiger partial charge in [0.1, 0.15) is 12.6 Å². The summed E-state index contributed by atoms with van der Waals surface area (Å²) in [6, 6.07) is -0.729. The topological polar surface area (TPSA) is 127 Å². The van der Waals surface area contributed by atoms with Gasteiger partial charge in [-0.15, -0.1) is 0 Å². The van der Waals surface area contributed by atoms with E-state index in [1.807, 2.05) is 0 Å². The number of hydrogen-bond acceptors (Lipinski definition) is 6. The lowest BCUT2D eigenvalue weighted by Crippen LogP contribution is -2.30. The molecule has 0 spiro atoms. The quantitative estimate of drug-likeness (QED) is 0.258. The van der Waals surface area contributed by atoms with Gasteiger partial charge in [0.15, 0.2) is 0 Å². The van der Waals surface area contributed by atoms with E-state index in [1.54, 1.807) is 12.4 Å². The Bertz CT molecular complexity index is 321. The van der Waals surface area contributed by atoms with E-state index in [-0.39, 0.29) is 12.5 Å². The van der Waals surface area contributed by atoms with Crippen molar-refractivity contribution in [2.24, 2.45) is 11.5 Å². The molecular weight excluding hydrogens is 260 g/mol. The molecule has 1 amide bonds. The Balaban J connectivity index is 3.92. The lowest BCUT2D eigenvalue weighted by atomic mass is 10.1.